The second-order valence-corrected chi connectivity index (χ2v) is 4.10. The largest absolute Gasteiger partial charge is 0.326 e. The first kappa shape index (κ1) is 10.1. The van der Waals surface area contributed by atoms with Crippen molar-refractivity contribution in [3.05, 3.63) is 51.0 Å². The van der Waals surface area contributed by atoms with Gasteiger partial charge in [-0.15, -0.1) is 0 Å². The molecule has 0 saturated carbocycles. The third-order valence-electron chi connectivity index (χ3n) is 2.09. The van der Waals surface area contributed by atoms with Gasteiger partial charge in [-0.25, -0.2) is 4.98 Å². The van der Waals surface area contributed by atoms with E-state index in [0.717, 1.165) is 15.6 Å². The number of H-pyrrole nitrogens is 1. The van der Waals surface area contributed by atoms with E-state index in [0.29, 0.717) is 5.69 Å². The number of nitrogens with zero attached hydrogens (tertiary/aromatic N) is 1. The maximum absolute atomic E-state index is 11.5. The summed E-state index contributed by atoms with van der Waals surface area (Å²) in [6.45, 7) is 2.00. The maximum atomic E-state index is 11.5. The SMILES string of the molecule is Cc1ccc(-c2ncc[nH]c2=O)c(Br)c1. The van der Waals surface area contributed by atoms with Gasteiger partial charge in [-0.05, 0) is 18.6 Å². The highest BCUT2D eigenvalue weighted by molar-refractivity contribution is 9.10. The molecule has 1 N–H and O–H groups in total. The zero-order valence-corrected chi connectivity index (χ0v) is 9.71. The second-order valence-electron chi connectivity index (χ2n) is 3.25. The Balaban J connectivity index is 2.65. The Bertz CT molecular complexity index is 548. The van der Waals surface area contributed by atoms with Gasteiger partial charge in [0.1, 0.15) is 5.69 Å². The molecule has 0 spiro atoms. The Hall–Kier alpha value is -1.42. The van der Waals surface area contributed by atoms with E-state index in [9.17, 15) is 4.79 Å². The van der Waals surface area contributed by atoms with Crippen molar-refractivity contribution >= 4 is 15.9 Å². The Morgan fingerprint density at radius 1 is 1.40 bits per heavy atom. The topological polar surface area (TPSA) is 45.8 Å². The summed E-state index contributed by atoms with van der Waals surface area (Å²) in [4.78, 5) is 18.2. The van der Waals surface area contributed by atoms with Crippen LogP contribution >= 0.6 is 15.9 Å². The first-order valence-corrected chi connectivity index (χ1v) is 5.28. The molecule has 1 heterocycles. The third-order valence-corrected chi connectivity index (χ3v) is 2.74. The van der Waals surface area contributed by atoms with Crippen LogP contribution in [0.2, 0.25) is 0 Å². The molecule has 0 radical (unpaired) electrons. The molecule has 0 atom stereocenters. The number of nitrogens with one attached hydrogen (secondary N) is 1. The number of hydrogen-bond acceptors (Lipinski definition) is 2. The van der Waals surface area contributed by atoms with Gasteiger partial charge in [0, 0.05) is 22.4 Å². The average Bonchev–Trinajstić information content (AvgIpc) is 2.20. The summed E-state index contributed by atoms with van der Waals surface area (Å²) < 4.78 is 0.881. The molecule has 2 rings (SSSR count). The lowest BCUT2D eigenvalue weighted by Gasteiger charge is -2.03. The van der Waals surface area contributed by atoms with Crippen molar-refractivity contribution < 1.29 is 0 Å². The number of aryl methyl sites for hydroxylation is 1. The van der Waals surface area contributed by atoms with Gasteiger partial charge >= 0.3 is 0 Å². The third kappa shape index (κ3) is 1.99. The van der Waals surface area contributed by atoms with Crippen molar-refractivity contribution in [1.29, 1.82) is 0 Å². The fraction of sp³-hybridized carbons (Fsp3) is 0.0909. The molecule has 2 aromatic rings. The zero-order chi connectivity index (χ0) is 10.8. The fourth-order valence-electron chi connectivity index (χ4n) is 1.36. The monoisotopic (exact) mass is 264 g/mol. The summed E-state index contributed by atoms with van der Waals surface area (Å²) in [5.74, 6) is 0. The van der Waals surface area contributed by atoms with E-state index in [1.807, 2.05) is 25.1 Å². The number of aromatic nitrogens is 2. The minimum absolute atomic E-state index is 0.179. The number of rotatable bonds is 1. The van der Waals surface area contributed by atoms with Crippen LogP contribution in [-0.2, 0) is 0 Å². The van der Waals surface area contributed by atoms with Crippen molar-refractivity contribution in [2.75, 3.05) is 0 Å². The lowest BCUT2D eigenvalue weighted by atomic mass is 10.1. The van der Waals surface area contributed by atoms with Gasteiger partial charge < -0.3 is 4.98 Å². The molecule has 0 unspecified atom stereocenters. The number of hydrogen-bond donors (Lipinski definition) is 1. The summed E-state index contributed by atoms with van der Waals surface area (Å²) in [6, 6.07) is 5.80. The second kappa shape index (κ2) is 3.98. The van der Waals surface area contributed by atoms with E-state index in [-0.39, 0.29) is 5.56 Å². The lowest BCUT2D eigenvalue weighted by molar-refractivity contribution is 1.14. The van der Waals surface area contributed by atoms with Crippen LogP contribution in [0.25, 0.3) is 11.3 Å². The smallest absolute Gasteiger partial charge is 0.274 e. The lowest BCUT2D eigenvalue weighted by Crippen LogP contribution is -2.09. The predicted molar refractivity (Wildman–Crippen MR) is 62.7 cm³/mol. The molecule has 15 heavy (non-hydrogen) atoms. The summed E-state index contributed by atoms with van der Waals surface area (Å²) in [7, 11) is 0. The normalized spacial score (nSPS) is 10.3. The van der Waals surface area contributed by atoms with Crippen LogP contribution in [-0.4, -0.2) is 9.97 Å². The molecule has 0 amide bonds. The standard InChI is InChI=1S/C11H9BrN2O/c1-7-2-3-8(9(12)6-7)10-11(15)14-5-4-13-10/h2-6H,1H3,(H,14,15). The summed E-state index contributed by atoms with van der Waals surface area (Å²) in [5, 5.41) is 0. The van der Waals surface area contributed by atoms with E-state index in [1.54, 1.807) is 6.20 Å². The van der Waals surface area contributed by atoms with Gasteiger partial charge in [0.2, 0.25) is 0 Å². The van der Waals surface area contributed by atoms with Crippen molar-refractivity contribution in [3.8, 4) is 11.3 Å². The molecule has 1 aromatic heterocycles. The Kier molecular flexibility index (Phi) is 2.68. The molecule has 0 bridgehead atoms. The van der Waals surface area contributed by atoms with E-state index in [2.05, 4.69) is 25.9 Å². The van der Waals surface area contributed by atoms with Crippen molar-refractivity contribution in [2.45, 2.75) is 6.92 Å². The van der Waals surface area contributed by atoms with Gasteiger partial charge in [-0.3, -0.25) is 4.79 Å². The molecule has 3 nitrogen and oxygen atoms in total. The molecule has 76 valence electrons. The number of halogens is 1. The van der Waals surface area contributed by atoms with Gasteiger partial charge in [-0.1, -0.05) is 28.1 Å². The van der Waals surface area contributed by atoms with Crippen molar-refractivity contribution in [1.82, 2.24) is 9.97 Å². The van der Waals surface area contributed by atoms with E-state index < -0.39 is 0 Å². The quantitative estimate of drug-likeness (QED) is 0.861. The zero-order valence-electron chi connectivity index (χ0n) is 8.12. The highest BCUT2D eigenvalue weighted by Gasteiger charge is 2.07. The minimum atomic E-state index is -0.179. The number of benzene rings is 1. The van der Waals surface area contributed by atoms with E-state index in [1.165, 1.54) is 6.20 Å². The van der Waals surface area contributed by atoms with Crippen LogP contribution in [0.3, 0.4) is 0 Å². The summed E-state index contributed by atoms with van der Waals surface area (Å²) >= 11 is 3.43. The van der Waals surface area contributed by atoms with Crippen molar-refractivity contribution in [2.24, 2.45) is 0 Å². The molecule has 0 aliphatic heterocycles. The molecule has 1 aromatic carbocycles. The average molecular weight is 265 g/mol. The van der Waals surface area contributed by atoms with Crippen LogP contribution in [0.15, 0.2) is 39.9 Å². The van der Waals surface area contributed by atoms with Crippen LogP contribution in [0, 0.1) is 6.92 Å². The molecule has 0 saturated heterocycles. The van der Waals surface area contributed by atoms with Crippen molar-refractivity contribution in [3.63, 3.8) is 0 Å². The van der Waals surface area contributed by atoms with E-state index in [4.69, 9.17) is 0 Å². The highest BCUT2D eigenvalue weighted by atomic mass is 79.9. The Morgan fingerprint density at radius 2 is 2.20 bits per heavy atom. The summed E-state index contributed by atoms with van der Waals surface area (Å²) in [5.41, 5.74) is 2.20. The van der Waals surface area contributed by atoms with Gasteiger partial charge in [0.15, 0.2) is 0 Å². The Morgan fingerprint density at radius 3 is 2.87 bits per heavy atom. The van der Waals surface area contributed by atoms with E-state index >= 15 is 0 Å². The predicted octanol–water partition coefficient (Wildman–Crippen LogP) is 2.51. The van der Waals surface area contributed by atoms with Crippen LogP contribution in [0.4, 0.5) is 0 Å². The molecule has 0 aliphatic rings. The highest BCUT2D eigenvalue weighted by Crippen LogP contribution is 2.25. The first-order valence-electron chi connectivity index (χ1n) is 4.48. The Labute approximate surface area is 95.3 Å². The van der Waals surface area contributed by atoms with Crippen LogP contribution < -0.4 is 5.56 Å². The molecular formula is C11H9BrN2O. The molecule has 4 heteroatoms. The molecular weight excluding hydrogens is 256 g/mol. The van der Waals surface area contributed by atoms with Gasteiger partial charge in [-0.2, -0.15) is 0 Å². The summed E-state index contributed by atoms with van der Waals surface area (Å²) in [6.07, 6.45) is 3.09. The minimum Gasteiger partial charge on any atom is -0.326 e. The van der Waals surface area contributed by atoms with Crippen LogP contribution in [0.1, 0.15) is 5.56 Å². The molecule has 0 aliphatic carbocycles. The first-order chi connectivity index (χ1) is 7.18. The van der Waals surface area contributed by atoms with Gasteiger partial charge in [0.25, 0.3) is 5.56 Å². The number of aromatic amines is 1. The fourth-order valence-corrected chi connectivity index (χ4v) is 2.04. The van der Waals surface area contributed by atoms with Crippen LogP contribution in [0.5, 0.6) is 0 Å². The maximum Gasteiger partial charge on any atom is 0.274 e. The molecule has 0 fully saturated rings. The van der Waals surface area contributed by atoms with Gasteiger partial charge in [0.05, 0.1) is 0 Å².